The van der Waals surface area contributed by atoms with Crippen molar-refractivity contribution in [1.29, 1.82) is 0 Å². The molecular weight excluding hydrogens is 268 g/mol. The summed E-state index contributed by atoms with van der Waals surface area (Å²) in [7, 11) is 0. The molecule has 19 heavy (non-hydrogen) atoms. The van der Waals surface area contributed by atoms with Gasteiger partial charge in [-0.05, 0) is 24.1 Å². The van der Waals surface area contributed by atoms with Crippen molar-refractivity contribution in [3.05, 3.63) is 41.7 Å². The van der Waals surface area contributed by atoms with Gasteiger partial charge in [0.15, 0.2) is 0 Å². The van der Waals surface area contributed by atoms with Crippen LogP contribution in [0.5, 0.6) is 0 Å². The topological polar surface area (TPSA) is 51.8 Å². The first-order valence-electron chi connectivity index (χ1n) is 5.72. The van der Waals surface area contributed by atoms with E-state index in [4.69, 9.17) is 5.73 Å². The van der Waals surface area contributed by atoms with Crippen molar-refractivity contribution >= 4 is 17.6 Å². The van der Waals surface area contributed by atoms with Gasteiger partial charge in [-0.1, -0.05) is 25.6 Å². The van der Waals surface area contributed by atoms with E-state index in [0.29, 0.717) is 10.8 Å². The normalized spacial score (nSPS) is 11.0. The van der Waals surface area contributed by atoms with Crippen LogP contribution in [0.4, 0.5) is 14.6 Å². The maximum atomic E-state index is 13.6. The molecule has 1 aromatic carbocycles. The highest BCUT2D eigenvalue weighted by Gasteiger charge is 2.16. The fourth-order valence-corrected chi connectivity index (χ4v) is 2.77. The summed E-state index contributed by atoms with van der Waals surface area (Å²) >= 11 is 1.05. The molecule has 1 heterocycles. The molecule has 0 bridgehead atoms. The highest BCUT2D eigenvalue weighted by molar-refractivity contribution is 7.99. The van der Waals surface area contributed by atoms with Crippen LogP contribution in [0.1, 0.15) is 25.3 Å². The molecule has 0 aliphatic carbocycles. The fraction of sp³-hybridized carbons (Fsp3) is 0.231. The molecule has 0 saturated carbocycles. The Balaban J connectivity index is 2.44. The lowest BCUT2D eigenvalue weighted by Gasteiger charge is -2.13. The number of aromatic nitrogens is 2. The standard InChI is InChI=1S/C13H13F2N3S/c1-7(2)11-12(16)17-6-18-13(11)19-10-5-8(14)3-4-9(10)15/h3-7H,1-2H3,(H2,16,17,18). The zero-order valence-corrected chi connectivity index (χ0v) is 11.3. The first kappa shape index (κ1) is 13.7. The maximum Gasteiger partial charge on any atom is 0.137 e. The largest absolute Gasteiger partial charge is 0.383 e. The van der Waals surface area contributed by atoms with Gasteiger partial charge in [-0.25, -0.2) is 18.7 Å². The van der Waals surface area contributed by atoms with Crippen molar-refractivity contribution in [2.45, 2.75) is 29.7 Å². The molecule has 2 rings (SSSR count). The van der Waals surface area contributed by atoms with Crippen LogP contribution in [0.3, 0.4) is 0 Å². The molecule has 0 unspecified atom stereocenters. The van der Waals surface area contributed by atoms with Gasteiger partial charge in [-0.2, -0.15) is 0 Å². The van der Waals surface area contributed by atoms with Crippen LogP contribution in [0, 0.1) is 11.6 Å². The molecule has 0 fully saturated rings. The van der Waals surface area contributed by atoms with Gasteiger partial charge < -0.3 is 5.73 Å². The fourth-order valence-electron chi connectivity index (χ4n) is 1.68. The summed E-state index contributed by atoms with van der Waals surface area (Å²) in [5, 5.41) is 0.548. The van der Waals surface area contributed by atoms with E-state index in [1.807, 2.05) is 13.8 Å². The smallest absolute Gasteiger partial charge is 0.137 e. The molecule has 6 heteroatoms. The van der Waals surface area contributed by atoms with E-state index in [0.717, 1.165) is 35.5 Å². The summed E-state index contributed by atoms with van der Waals surface area (Å²) in [6.45, 7) is 3.89. The van der Waals surface area contributed by atoms with Gasteiger partial charge in [0.25, 0.3) is 0 Å². The van der Waals surface area contributed by atoms with Crippen LogP contribution in [0.15, 0.2) is 34.4 Å². The number of nitrogens with two attached hydrogens (primary N) is 1. The first-order chi connectivity index (χ1) is 8.99. The summed E-state index contributed by atoms with van der Waals surface area (Å²) in [6, 6.07) is 3.32. The van der Waals surface area contributed by atoms with Crippen LogP contribution in [0.2, 0.25) is 0 Å². The third kappa shape index (κ3) is 3.01. The zero-order chi connectivity index (χ0) is 14.0. The first-order valence-corrected chi connectivity index (χ1v) is 6.54. The van der Waals surface area contributed by atoms with Crippen molar-refractivity contribution in [3.8, 4) is 0 Å². The number of halogens is 2. The van der Waals surface area contributed by atoms with Crippen LogP contribution in [-0.4, -0.2) is 9.97 Å². The lowest BCUT2D eigenvalue weighted by atomic mass is 10.1. The molecule has 1 aromatic heterocycles. The van der Waals surface area contributed by atoms with Gasteiger partial charge in [-0.15, -0.1) is 0 Å². The monoisotopic (exact) mass is 281 g/mol. The Morgan fingerprint density at radius 1 is 1.21 bits per heavy atom. The number of anilines is 1. The molecule has 0 spiro atoms. The van der Waals surface area contributed by atoms with E-state index < -0.39 is 11.6 Å². The molecule has 3 nitrogen and oxygen atoms in total. The van der Waals surface area contributed by atoms with E-state index in [2.05, 4.69) is 9.97 Å². The van der Waals surface area contributed by atoms with Crippen LogP contribution >= 0.6 is 11.8 Å². The van der Waals surface area contributed by atoms with E-state index in [9.17, 15) is 8.78 Å². The second-order valence-electron chi connectivity index (χ2n) is 4.31. The molecular formula is C13H13F2N3S. The Bertz CT molecular complexity index is 602. The van der Waals surface area contributed by atoms with E-state index in [1.54, 1.807) is 0 Å². The van der Waals surface area contributed by atoms with Crippen LogP contribution in [-0.2, 0) is 0 Å². The van der Waals surface area contributed by atoms with Crippen molar-refractivity contribution in [1.82, 2.24) is 9.97 Å². The summed E-state index contributed by atoms with van der Waals surface area (Å²) in [4.78, 5) is 8.22. The van der Waals surface area contributed by atoms with Crippen molar-refractivity contribution in [2.24, 2.45) is 0 Å². The van der Waals surface area contributed by atoms with Gasteiger partial charge in [0.2, 0.25) is 0 Å². The van der Waals surface area contributed by atoms with E-state index in [-0.39, 0.29) is 10.8 Å². The minimum atomic E-state index is -0.489. The molecule has 100 valence electrons. The predicted octanol–water partition coefficient (Wildman–Crippen LogP) is 3.61. The second kappa shape index (κ2) is 5.52. The molecule has 2 aromatic rings. The average Bonchev–Trinajstić information content (AvgIpc) is 2.33. The molecule has 0 amide bonds. The quantitative estimate of drug-likeness (QED) is 0.873. The minimum Gasteiger partial charge on any atom is -0.383 e. The SMILES string of the molecule is CC(C)c1c(N)ncnc1Sc1cc(F)ccc1F. The van der Waals surface area contributed by atoms with Crippen LogP contribution < -0.4 is 5.73 Å². The highest BCUT2D eigenvalue weighted by atomic mass is 32.2. The summed E-state index contributed by atoms with van der Waals surface area (Å²) in [5.41, 5.74) is 6.56. The number of rotatable bonds is 3. The van der Waals surface area contributed by atoms with Gasteiger partial charge in [0.05, 0.1) is 4.90 Å². The summed E-state index contributed by atoms with van der Waals surface area (Å²) in [6.07, 6.45) is 1.32. The number of hydrogen-bond donors (Lipinski definition) is 1. The Morgan fingerprint density at radius 2 is 1.95 bits per heavy atom. The third-order valence-corrected chi connectivity index (χ3v) is 3.61. The third-order valence-electron chi connectivity index (χ3n) is 2.56. The highest BCUT2D eigenvalue weighted by Crippen LogP contribution is 2.35. The van der Waals surface area contributed by atoms with E-state index >= 15 is 0 Å². The Labute approximate surface area is 114 Å². The van der Waals surface area contributed by atoms with Crippen LogP contribution in [0.25, 0.3) is 0 Å². The molecule has 0 atom stereocenters. The molecule has 0 aliphatic rings. The van der Waals surface area contributed by atoms with Crippen molar-refractivity contribution in [3.63, 3.8) is 0 Å². The van der Waals surface area contributed by atoms with Crippen molar-refractivity contribution < 1.29 is 8.78 Å². The van der Waals surface area contributed by atoms with Gasteiger partial charge in [-0.3, -0.25) is 0 Å². The molecule has 0 radical (unpaired) electrons. The lowest BCUT2D eigenvalue weighted by molar-refractivity contribution is 0.577. The van der Waals surface area contributed by atoms with Gasteiger partial charge in [0, 0.05) is 5.56 Å². The average molecular weight is 281 g/mol. The Morgan fingerprint density at radius 3 is 2.63 bits per heavy atom. The van der Waals surface area contributed by atoms with Crippen molar-refractivity contribution in [2.75, 3.05) is 5.73 Å². The zero-order valence-electron chi connectivity index (χ0n) is 10.5. The number of hydrogen-bond acceptors (Lipinski definition) is 4. The molecule has 0 aliphatic heterocycles. The number of nitrogen functional groups attached to an aromatic ring is 1. The second-order valence-corrected chi connectivity index (χ2v) is 5.34. The van der Waals surface area contributed by atoms with E-state index in [1.165, 1.54) is 6.33 Å². The molecule has 0 saturated heterocycles. The van der Waals surface area contributed by atoms with Gasteiger partial charge in [0.1, 0.15) is 28.8 Å². The molecule has 2 N–H and O–H groups in total. The number of benzene rings is 1. The summed E-state index contributed by atoms with van der Waals surface area (Å²) in [5.74, 6) is -0.514. The lowest BCUT2D eigenvalue weighted by Crippen LogP contribution is -2.03. The Hall–Kier alpha value is -1.69. The maximum absolute atomic E-state index is 13.6. The predicted molar refractivity (Wildman–Crippen MR) is 71.0 cm³/mol. The summed E-state index contributed by atoms with van der Waals surface area (Å²) < 4.78 is 26.8. The Kier molecular flexibility index (Phi) is 3.99. The van der Waals surface area contributed by atoms with Gasteiger partial charge >= 0.3 is 0 Å². The minimum absolute atomic E-state index is 0.0975. The number of nitrogens with zero attached hydrogens (tertiary/aromatic N) is 2.